The first-order chi connectivity index (χ1) is 9.65. The molecule has 1 amide bonds. The number of rotatable bonds is 4. The molecule has 0 unspecified atom stereocenters. The van der Waals surface area contributed by atoms with Crippen molar-refractivity contribution in [3.05, 3.63) is 29.3 Å². The van der Waals surface area contributed by atoms with Gasteiger partial charge in [-0.05, 0) is 43.7 Å². The molecule has 4 nitrogen and oxygen atoms in total. The standard InChI is InChI=1S/C15H19ClN2O2/c1-11-5-4-6-12(9-11)17-18-15(19)10-20-14-8-3-2-7-13(14)16/h2-3,7-8,11H,4-6,9-10H2,1H3,(H,18,19)/b17-12-/t11-/m1/s1. The number of carbonyl (C=O) groups is 1. The zero-order valence-electron chi connectivity index (χ0n) is 11.6. The summed E-state index contributed by atoms with van der Waals surface area (Å²) in [5.41, 5.74) is 3.61. The maximum absolute atomic E-state index is 11.7. The van der Waals surface area contributed by atoms with E-state index in [0.717, 1.165) is 25.0 Å². The van der Waals surface area contributed by atoms with Gasteiger partial charge in [0.2, 0.25) is 0 Å². The molecular formula is C15H19ClN2O2. The predicted octanol–water partition coefficient (Wildman–Crippen LogP) is 3.40. The number of ether oxygens (including phenoxy) is 1. The summed E-state index contributed by atoms with van der Waals surface area (Å²) in [6.07, 6.45) is 4.32. The van der Waals surface area contributed by atoms with Crippen LogP contribution in [0.25, 0.3) is 0 Å². The first kappa shape index (κ1) is 14.9. The molecule has 1 aromatic rings. The highest BCUT2D eigenvalue weighted by atomic mass is 35.5. The molecule has 108 valence electrons. The van der Waals surface area contributed by atoms with E-state index in [4.69, 9.17) is 16.3 Å². The topological polar surface area (TPSA) is 50.7 Å². The SMILES string of the molecule is C[C@@H]1CCC/C(=N/NC(=O)COc2ccccc2Cl)C1. The van der Waals surface area contributed by atoms with E-state index in [1.807, 2.05) is 12.1 Å². The second kappa shape index (κ2) is 7.29. The summed E-state index contributed by atoms with van der Waals surface area (Å²) >= 11 is 5.94. The Morgan fingerprint density at radius 3 is 3.05 bits per heavy atom. The van der Waals surface area contributed by atoms with Crippen LogP contribution in [0.3, 0.4) is 0 Å². The van der Waals surface area contributed by atoms with Crippen molar-refractivity contribution in [2.75, 3.05) is 6.61 Å². The van der Waals surface area contributed by atoms with Gasteiger partial charge in [-0.2, -0.15) is 5.10 Å². The summed E-state index contributed by atoms with van der Waals surface area (Å²) in [7, 11) is 0. The maximum atomic E-state index is 11.7. The Balaban J connectivity index is 1.78. The molecule has 0 aliphatic heterocycles. The molecule has 5 heteroatoms. The average Bonchev–Trinajstić information content (AvgIpc) is 2.44. The summed E-state index contributed by atoms with van der Waals surface area (Å²) in [6, 6.07) is 7.07. The van der Waals surface area contributed by atoms with Crippen molar-refractivity contribution in [2.24, 2.45) is 11.0 Å². The molecule has 0 heterocycles. The van der Waals surface area contributed by atoms with Crippen molar-refractivity contribution in [3.63, 3.8) is 0 Å². The minimum absolute atomic E-state index is 0.0872. The number of hydrogen-bond donors (Lipinski definition) is 1. The number of nitrogens with one attached hydrogen (secondary N) is 1. The Bertz CT molecular complexity index is 502. The number of amides is 1. The third-order valence-electron chi connectivity index (χ3n) is 3.28. The van der Waals surface area contributed by atoms with E-state index in [9.17, 15) is 4.79 Å². The van der Waals surface area contributed by atoms with Gasteiger partial charge in [-0.15, -0.1) is 0 Å². The van der Waals surface area contributed by atoms with E-state index >= 15 is 0 Å². The first-order valence-corrected chi connectivity index (χ1v) is 7.24. The third kappa shape index (κ3) is 4.53. The van der Waals surface area contributed by atoms with Gasteiger partial charge in [0.25, 0.3) is 5.91 Å². The van der Waals surface area contributed by atoms with Gasteiger partial charge >= 0.3 is 0 Å². The number of halogens is 1. The van der Waals surface area contributed by atoms with Crippen molar-refractivity contribution < 1.29 is 9.53 Å². The van der Waals surface area contributed by atoms with E-state index in [1.54, 1.807) is 12.1 Å². The van der Waals surface area contributed by atoms with E-state index in [1.165, 1.54) is 6.42 Å². The number of benzene rings is 1. The molecule has 1 atom stereocenters. The fourth-order valence-electron chi connectivity index (χ4n) is 2.24. The van der Waals surface area contributed by atoms with Gasteiger partial charge in [-0.25, -0.2) is 5.43 Å². The lowest BCUT2D eigenvalue weighted by atomic mass is 9.89. The minimum atomic E-state index is -0.268. The Labute approximate surface area is 124 Å². The second-order valence-corrected chi connectivity index (χ2v) is 5.54. The maximum Gasteiger partial charge on any atom is 0.277 e. The van der Waals surface area contributed by atoms with Crippen LogP contribution in [-0.4, -0.2) is 18.2 Å². The van der Waals surface area contributed by atoms with Crippen LogP contribution in [0.4, 0.5) is 0 Å². The van der Waals surface area contributed by atoms with E-state index in [2.05, 4.69) is 17.5 Å². The molecule has 0 radical (unpaired) electrons. The first-order valence-electron chi connectivity index (χ1n) is 6.86. The van der Waals surface area contributed by atoms with E-state index in [0.29, 0.717) is 16.7 Å². The van der Waals surface area contributed by atoms with Crippen LogP contribution in [0.1, 0.15) is 32.6 Å². The summed E-state index contributed by atoms with van der Waals surface area (Å²) in [4.78, 5) is 11.7. The van der Waals surface area contributed by atoms with Gasteiger partial charge < -0.3 is 4.74 Å². The molecule has 2 rings (SSSR count). The van der Waals surface area contributed by atoms with Crippen LogP contribution in [-0.2, 0) is 4.79 Å². The highest BCUT2D eigenvalue weighted by molar-refractivity contribution is 6.32. The lowest BCUT2D eigenvalue weighted by Crippen LogP contribution is -2.27. The number of nitrogens with zero attached hydrogens (tertiary/aromatic N) is 1. The van der Waals surface area contributed by atoms with Crippen LogP contribution in [0.15, 0.2) is 29.4 Å². The third-order valence-corrected chi connectivity index (χ3v) is 3.59. The van der Waals surface area contributed by atoms with Crippen LogP contribution >= 0.6 is 11.6 Å². The molecule has 1 fully saturated rings. The molecule has 20 heavy (non-hydrogen) atoms. The lowest BCUT2D eigenvalue weighted by molar-refractivity contribution is -0.123. The summed E-state index contributed by atoms with van der Waals surface area (Å²) in [6.45, 7) is 2.12. The van der Waals surface area contributed by atoms with Crippen molar-refractivity contribution in [3.8, 4) is 5.75 Å². The number of hydrogen-bond acceptors (Lipinski definition) is 3. The average molecular weight is 295 g/mol. The zero-order chi connectivity index (χ0) is 14.4. The van der Waals surface area contributed by atoms with Crippen molar-refractivity contribution in [1.29, 1.82) is 0 Å². The molecule has 1 N–H and O–H groups in total. The normalized spacial score (nSPS) is 20.7. The largest absolute Gasteiger partial charge is 0.482 e. The van der Waals surface area contributed by atoms with Gasteiger partial charge in [-0.1, -0.05) is 30.7 Å². The number of para-hydroxylation sites is 1. The van der Waals surface area contributed by atoms with E-state index < -0.39 is 0 Å². The summed E-state index contributed by atoms with van der Waals surface area (Å²) in [5, 5.41) is 4.67. The van der Waals surface area contributed by atoms with Gasteiger partial charge in [0.05, 0.1) is 5.02 Å². The Morgan fingerprint density at radius 1 is 1.50 bits per heavy atom. The molecule has 0 aromatic heterocycles. The highest BCUT2D eigenvalue weighted by Crippen LogP contribution is 2.23. The quantitative estimate of drug-likeness (QED) is 0.865. The van der Waals surface area contributed by atoms with Crippen LogP contribution in [0.5, 0.6) is 5.75 Å². The predicted molar refractivity (Wildman–Crippen MR) is 80.2 cm³/mol. The monoisotopic (exact) mass is 294 g/mol. The molecule has 1 aliphatic carbocycles. The van der Waals surface area contributed by atoms with Gasteiger partial charge in [0.15, 0.2) is 6.61 Å². The summed E-state index contributed by atoms with van der Waals surface area (Å²) in [5.74, 6) is 0.887. The zero-order valence-corrected chi connectivity index (χ0v) is 12.3. The Morgan fingerprint density at radius 2 is 2.30 bits per heavy atom. The van der Waals surface area contributed by atoms with Crippen LogP contribution in [0, 0.1) is 5.92 Å². The highest BCUT2D eigenvalue weighted by Gasteiger charge is 2.14. The van der Waals surface area contributed by atoms with E-state index in [-0.39, 0.29) is 12.5 Å². The fraction of sp³-hybridized carbons (Fsp3) is 0.467. The van der Waals surface area contributed by atoms with Crippen molar-refractivity contribution >= 4 is 23.2 Å². The van der Waals surface area contributed by atoms with Crippen molar-refractivity contribution in [2.45, 2.75) is 32.6 Å². The minimum Gasteiger partial charge on any atom is -0.482 e. The lowest BCUT2D eigenvalue weighted by Gasteiger charge is -2.18. The number of hydrazone groups is 1. The van der Waals surface area contributed by atoms with Gasteiger partial charge in [-0.3, -0.25) is 4.79 Å². The number of carbonyl (C=O) groups excluding carboxylic acids is 1. The molecule has 0 spiro atoms. The van der Waals surface area contributed by atoms with Gasteiger partial charge in [0, 0.05) is 5.71 Å². The molecule has 1 saturated carbocycles. The van der Waals surface area contributed by atoms with Crippen LogP contribution in [0.2, 0.25) is 5.02 Å². The molecule has 0 saturated heterocycles. The second-order valence-electron chi connectivity index (χ2n) is 5.13. The van der Waals surface area contributed by atoms with Crippen molar-refractivity contribution in [1.82, 2.24) is 5.43 Å². The van der Waals surface area contributed by atoms with Crippen LogP contribution < -0.4 is 10.2 Å². The smallest absolute Gasteiger partial charge is 0.277 e. The van der Waals surface area contributed by atoms with Gasteiger partial charge in [0.1, 0.15) is 5.75 Å². The Kier molecular flexibility index (Phi) is 5.41. The molecular weight excluding hydrogens is 276 g/mol. The molecule has 1 aliphatic rings. The Hall–Kier alpha value is -1.55. The fourth-order valence-corrected chi connectivity index (χ4v) is 2.43. The molecule has 0 bridgehead atoms. The summed E-state index contributed by atoms with van der Waals surface area (Å²) < 4.78 is 5.35. The molecule has 1 aromatic carbocycles.